The van der Waals surface area contributed by atoms with Crippen molar-refractivity contribution < 1.29 is 14.0 Å². The van der Waals surface area contributed by atoms with Crippen LogP contribution in [0.2, 0.25) is 0 Å². The van der Waals surface area contributed by atoms with Crippen molar-refractivity contribution in [3.05, 3.63) is 29.6 Å². The molecule has 3 amide bonds. The second-order valence-corrected chi connectivity index (χ2v) is 3.23. The van der Waals surface area contributed by atoms with Gasteiger partial charge in [0.05, 0.1) is 6.54 Å². The van der Waals surface area contributed by atoms with Crippen LogP contribution in [0.25, 0.3) is 0 Å². The predicted molar refractivity (Wildman–Crippen MR) is 57.4 cm³/mol. The van der Waals surface area contributed by atoms with Crippen LogP contribution in [0.5, 0.6) is 0 Å². The fourth-order valence-electron chi connectivity index (χ4n) is 1.12. The van der Waals surface area contributed by atoms with Gasteiger partial charge in [0.15, 0.2) is 0 Å². The van der Waals surface area contributed by atoms with Crippen LogP contribution in [-0.2, 0) is 4.79 Å². The maximum absolute atomic E-state index is 12.9. The first-order valence-electron chi connectivity index (χ1n) is 4.58. The van der Waals surface area contributed by atoms with Gasteiger partial charge in [-0.1, -0.05) is 0 Å². The normalized spacial score (nSPS) is 9.62. The average molecular weight is 225 g/mol. The van der Waals surface area contributed by atoms with E-state index in [1.807, 2.05) is 5.32 Å². The third-order valence-electron chi connectivity index (χ3n) is 1.87. The van der Waals surface area contributed by atoms with E-state index in [9.17, 15) is 14.0 Å². The van der Waals surface area contributed by atoms with Crippen LogP contribution in [0.15, 0.2) is 18.2 Å². The third-order valence-corrected chi connectivity index (χ3v) is 1.87. The lowest BCUT2D eigenvalue weighted by molar-refractivity contribution is -0.118. The smallest absolute Gasteiger partial charge is 0.318 e. The number of primary amides is 1. The van der Waals surface area contributed by atoms with Crippen molar-refractivity contribution in [1.29, 1.82) is 0 Å². The van der Waals surface area contributed by atoms with Crippen molar-refractivity contribution in [2.24, 2.45) is 5.73 Å². The van der Waals surface area contributed by atoms with Crippen molar-refractivity contribution in [2.45, 2.75) is 6.92 Å². The number of urea groups is 1. The van der Waals surface area contributed by atoms with E-state index >= 15 is 0 Å². The first-order valence-corrected chi connectivity index (χ1v) is 4.58. The zero-order chi connectivity index (χ0) is 12.1. The highest BCUT2D eigenvalue weighted by atomic mass is 19.1. The molecule has 0 saturated carbocycles. The second kappa shape index (κ2) is 5.11. The number of amides is 3. The summed E-state index contributed by atoms with van der Waals surface area (Å²) in [6.45, 7) is 1.51. The van der Waals surface area contributed by atoms with Gasteiger partial charge in [-0.3, -0.25) is 10.1 Å². The highest BCUT2D eigenvalue weighted by molar-refractivity contribution is 5.95. The molecule has 0 atom stereocenters. The van der Waals surface area contributed by atoms with E-state index in [4.69, 9.17) is 5.73 Å². The molecular weight excluding hydrogens is 213 g/mol. The van der Waals surface area contributed by atoms with Crippen LogP contribution >= 0.6 is 0 Å². The summed E-state index contributed by atoms with van der Waals surface area (Å²) in [6, 6.07) is 3.46. The quantitative estimate of drug-likeness (QED) is 0.709. The van der Waals surface area contributed by atoms with Gasteiger partial charge in [-0.25, -0.2) is 9.18 Å². The van der Waals surface area contributed by atoms with Crippen LogP contribution < -0.4 is 16.4 Å². The van der Waals surface area contributed by atoms with Crippen LogP contribution in [0.4, 0.5) is 14.9 Å². The number of carbonyl (C=O) groups is 2. The molecule has 0 radical (unpaired) electrons. The van der Waals surface area contributed by atoms with Gasteiger partial charge in [0, 0.05) is 5.69 Å². The number of halogens is 1. The Morgan fingerprint density at radius 2 is 2.12 bits per heavy atom. The van der Waals surface area contributed by atoms with Gasteiger partial charge < -0.3 is 11.1 Å². The van der Waals surface area contributed by atoms with Gasteiger partial charge in [-0.2, -0.15) is 0 Å². The van der Waals surface area contributed by atoms with Crippen LogP contribution in [0.1, 0.15) is 5.56 Å². The van der Waals surface area contributed by atoms with Crippen molar-refractivity contribution in [1.82, 2.24) is 5.32 Å². The van der Waals surface area contributed by atoms with Gasteiger partial charge in [-0.15, -0.1) is 0 Å². The summed E-state index contributed by atoms with van der Waals surface area (Å²) in [4.78, 5) is 21.4. The van der Waals surface area contributed by atoms with Crippen LogP contribution in [-0.4, -0.2) is 18.5 Å². The number of aryl methyl sites for hydroxylation is 1. The number of benzene rings is 1. The molecule has 1 rings (SSSR count). The van der Waals surface area contributed by atoms with E-state index in [1.165, 1.54) is 12.1 Å². The molecule has 0 saturated heterocycles. The summed E-state index contributed by atoms with van der Waals surface area (Å²) < 4.78 is 12.9. The first kappa shape index (κ1) is 12.0. The highest BCUT2D eigenvalue weighted by Gasteiger charge is 2.04. The Kier molecular flexibility index (Phi) is 3.82. The summed E-state index contributed by atoms with van der Waals surface area (Å²) in [5.41, 5.74) is 5.83. The zero-order valence-corrected chi connectivity index (χ0v) is 8.71. The molecular formula is C10H12FN3O2. The van der Waals surface area contributed by atoms with Gasteiger partial charge in [0.1, 0.15) is 5.82 Å². The Hall–Kier alpha value is -2.11. The van der Waals surface area contributed by atoms with Crippen LogP contribution in [0, 0.1) is 12.7 Å². The monoisotopic (exact) mass is 225 g/mol. The maximum atomic E-state index is 12.9. The minimum absolute atomic E-state index is 0.103. The molecule has 4 N–H and O–H groups in total. The minimum atomic E-state index is -0.901. The number of nitrogens with one attached hydrogen (secondary N) is 2. The Morgan fingerprint density at radius 1 is 1.44 bits per heavy atom. The molecule has 0 aromatic heterocycles. The van der Waals surface area contributed by atoms with E-state index in [2.05, 4.69) is 5.32 Å². The van der Waals surface area contributed by atoms with E-state index in [0.717, 1.165) is 0 Å². The predicted octanol–water partition coefficient (Wildman–Crippen LogP) is 0.741. The molecule has 86 valence electrons. The fraction of sp³-hybridized carbons (Fsp3) is 0.200. The molecule has 6 heteroatoms. The standard InChI is InChI=1S/C10H12FN3O2/c1-6-4-7(2-3-8(6)11)13-5-9(15)14-10(12)16/h2-4,13H,5H2,1H3,(H3,12,14,15,16). The first-order chi connectivity index (χ1) is 7.49. The number of nitrogens with two attached hydrogens (primary N) is 1. The Bertz CT molecular complexity index is 421. The maximum Gasteiger partial charge on any atom is 0.318 e. The lowest BCUT2D eigenvalue weighted by Crippen LogP contribution is -2.38. The molecule has 0 spiro atoms. The molecule has 0 fully saturated rings. The topological polar surface area (TPSA) is 84.2 Å². The Balaban J connectivity index is 2.51. The van der Waals surface area contributed by atoms with Crippen molar-refractivity contribution in [3.8, 4) is 0 Å². The van der Waals surface area contributed by atoms with Gasteiger partial charge in [0.25, 0.3) is 0 Å². The Labute approximate surface area is 91.8 Å². The molecule has 5 nitrogen and oxygen atoms in total. The number of imide groups is 1. The zero-order valence-electron chi connectivity index (χ0n) is 8.71. The highest BCUT2D eigenvalue weighted by Crippen LogP contribution is 2.12. The van der Waals surface area contributed by atoms with Gasteiger partial charge in [0.2, 0.25) is 5.91 Å². The van der Waals surface area contributed by atoms with E-state index in [1.54, 1.807) is 13.0 Å². The Morgan fingerprint density at radius 3 is 2.69 bits per heavy atom. The molecule has 0 aliphatic rings. The molecule has 16 heavy (non-hydrogen) atoms. The largest absolute Gasteiger partial charge is 0.376 e. The SMILES string of the molecule is Cc1cc(NCC(=O)NC(N)=O)ccc1F. The fourth-order valence-corrected chi connectivity index (χ4v) is 1.12. The van der Waals surface area contributed by atoms with E-state index < -0.39 is 11.9 Å². The lowest BCUT2D eigenvalue weighted by Gasteiger charge is -2.06. The molecule has 1 aromatic rings. The van der Waals surface area contributed by atoms with Crippen molar-refractivity contribution in [2.75, 3.05) is 11.9 Å². The number of hydrogen-bond donors (Lipinski definition) is 3. The molecule has 0 bridgehead atoms. The van der Waals surface area contributed by atoms with Crippen LogP contribution in [0.3, 0.4) is 0 Å². The van der Waals surface area contributed by atoms with E-state index in [-0.39, 0.29) is 12.4 Å². The number of rotatable bonds is 3. The van der Waals surface area contributed by atoms with Crippen molar-refractivity contribution in [3.63, 3.8) is 0 Å². The minimum Gasteiger partial charge on any atom is -0.376 e. The summed E-state index contributed by atoms with van der Waals surface area (Å²) in [6.07, 6.45) is 0. The molecule has 0 unspecified atom stereocenters. The van der Waals surface area contributed by atoms with Gasteiger partial charge >= 0.3 is 6.03 Å². The second-order valence-electron chi connectivity index (χ2n) is 3.23. The van der Waals surface area contributed by atoms with Crippen molar-refractivity contribution >= 4 is 17.6 Å². The third kappa shape index (κ3) is 3.56. The number of carbonyl (C=O) groups excluding carboxylic acids is 2. The molecule has 0 aliphatic heterocycles. The molecule has 0 aliphatic carbocycles. The summed E-state index contributed by atoms with van der Waals surface area (Å²) in [5.74, 6) is -0.860. The molecule has 1 aromatic carbocycles. The summed E-state index contributed by atoms with van der Waals surface area (Å²) >= 11 is 0. The molecule has 0 heterocycles. The van der Waals surface area contributed by atoms with E-state index in [0.29, 0.717) is 11.3 Å². The average Bonchev–Trinajstić information content (AvgIpc) is 2.19. The summed E-state index contributed by atoms with van der Waals surface area (Å²) in [5, 5.41) is 4.63. The van der Waals surface area contributed by atoms with Gasteiger partial charge in [-0.05, 0) is 30.7 Å². The summed E-state index contributed by atoms with van der Waals surface area (Å²) in [7, 11) is 0. The number of hydrogen-bond acceptors (Lipinski definition) is 3. The lowest BCUT2D eigenvalue weighted by atomic mass is 10.2. The number of anilines is 1.